The number of amides is 1. The lowest BCUT2D eigenvalue weighted by Gasteiger charge is -2.43. The molecule has 0 bridgehead atoms. The van der Waals surface area contributed by atoms with E-state index in [9.17, 15) is 9.59 Å². The van der Waals surface area contributed by atoms with Gasteiger partial charge in [0.1, 0.15) is 11.1 Å². The molecule has 1 N–H and O–H groups in total. The molecule has 1 heterocycles. The quantitative estimate of drug-likeness (QED) is 0.563. The molecule has 2 atom stereocenters. The molecule has 2 rings (SSSR count). The maximum absolute atomic E-state index is 12.6. The lowest BCUT2D eigenvalue weighted by atomic mass is 9.85. The molecule has 0 spiro atoms. The third-order valence-electron chi connectivity index (χ3n) is 6.72. The van der Waals surface area contributed by atoms with Gasteiger partial charge in [0.2, 0.25) is 0 Å². The third-order valence-corrected chi connectivity index (χ3v) is 6.72. The van der Waals surface area contributed by atoms with Crippen LogP contribution >= 0.6 is 0 Å². The van der Waals surface area contributed by atoms with Crippen molar-refractivity contribution in [2.24, 2.45) is 5.92 Å². The molecule has 7 nitrogen and oxygen atoms in total. The lowest BCUT2D eigenvalue weighted by Crippen LogP contribution is -2.53. The Morgan fingerprint density at radius 1 is 0.969 bits per heavy atom. The predicted molar refractivity (Wildman–Crippen MR) is 126 cm³/mol. The van der Waals surface area contributed by atoms with Gasteiger partial charge in [0.05, 0.1) is 13.2 Å². The van der Waals surface area contributed by atoms with Crippen LogP contribution in [0.2, 0.25) is 0 Å². The molecule has 1 aliphatic heterocycles. The number of carbonyl (C=O) groups excluding carboxylic acids is 2. The molecule has 2 aliphatic rings. The minimum absolute atomic E-state index is 0.179. The van der Waals surface area contributed by atoms with Crippen LogP contribution in [0.1, 0.15) is 93.4 Å². The second-order valence-corrected chi connectivity index (χ2v) is 11.3. The van der Waals surface area contributed by atoms with E-state index in [-0.39, 0.29) is 24.1 Å². The normalized spacial score (nSPS) is 29.5. The predicted octanol–water partition coefficient (Wildman–Crippen LogP) is 4.67. The molecule has 2 fully saturated rings. The Hall–Kier alpha value is -1.34. The maximum atomic E-state index is 12.6. The van der Waals surface area contributed by atoms with Crippen molar-refractivity contribution < 1.29 is 23.8 Å². The zero-order valence-electron chi connectivity index (χ0n) is 21.5. The van der Waals surface area contributed by atoms with Crippen molar-refractivity contribution >= 4 is 12.1 Å². The van der Waals surface area contributed by atoms with E-state index in [1.165, 1.54) is 7.11 Å². The molecule has 1 saturated carbocycles. The molecule has 7 heteroatoms. The Balaban J connectivity index is 1.70. The summed E-state index contributed by atoms with van der Waals surface area (Å²) in [7, 11) is 1.43. The van der Waals surface area contributed by atoms with Crippen LogP contribution in [-0.2, 0) is 19.0 Å². The highest BCUT2D eigenvalue weighted by Gasteiger charge is 2.37. The fourth-order valence-electron chi connectivity index (χ4n) is 5.23. The molecular formula is C25H46N2O5. The number of nitrogens with one attached hydrogen (secondary N) is 1. The van der Waals surface area contributed by atoms with Gasteiger partial charge in [0.25, 0.3) is 0 Å². The van der Waals surface area contributed by atoms with Gasteiger partial charge in [-0.05, 0) is 99.3 Å². The molecule has 0 radical (unpaired) electrons. The minimum atomic E-state index is -0.658. The second kappa shape index (κ2) is 11.2. The van der Waals surface area contributed by atoms with E-state index < -0.39 is 11.1 Å². The minimum Gasteiger partial charge on any atom is -0.468 e. The molecule has 1 amide bonds. The molecular weight excluding hydrogens is 408 g/mol. The second-order valence-electron chi connectivity index (χ2n) is 11.3. The average Bonchev–Trinajstić information content (AvgIpc) is 2.66. The Labute approximate surface area is 194 Å². The highest BCUT2D eigenvalue weighted by molar-refractivity contribution is 5.79. The van der Waals surface area contributed by atoms with Crippen molar-refractivity contribution in [1.29, 1.82) is 0 Å². The first-order chi connectivity index (χ1) is 14.8. The van der Waals surface area contributed by atoms with Crippen LogP contribution in [0.15, 0.2) is 0 Å². The van der Waals surface area contributed by atoms with Gasteiger partial charge in [-0.15, -0.1) is 0 Å². The number of carbonyl (C=O) groups is 2. The van der Waals surface area contributed by atoms with Gasteiger partial charge in [0.15, 0.2) is 0 Å². The fourth-order valence-corrected chi connectivity index (χ4v) is 5.23. The molecule has 186 valence electrons. The van der Waals surface area contributed by atoms with Gasteiger partial charge in [-0.2, -0.15) is 0 Å². The zero-order chi connectivity index (χ0) is 24.1. The Bertz CT molecular complexity index is 610. The number of rotatable bonds is 7. The summed E-state index contributed by atoms with van der Waals surface area (Å²) in [6, 6.07) is 0.680. The number of likely N-dealkylation sites (tertiary alicyclic amines) is 1. The van der Waals surface area contributed by atoms with E-state index in [2.05, 4.69) is 19.2 Å². The van der Waals surface area contributed by atoms with E-state index in [0.717, 1.165) is 51.6 Å². The fraction of sp³-hybridized carbons (Fsp3) is 0.920. The number of ether oxygens (including phenoxy) is 3. The maximum Gasteiger partial charge on any atom is 0.410 e. The number of piperidine rings is 1. The van der Waals surface area contributed by atoms with Crippen molar-refractivity contribution in [1.82, 2.24) is 10.2 Å². The molecule has 0 aromatic heterocycles. The first-order valence-electron chi connectivity index (χ1n) is 12.3. The van der Waals surface area contributed by atoms with E-state index in [1.807, 2.05) is 39.5 Å². The number of methoxy groups -OCH3 is 1. The highest BCUT2D eigenvalue weighted by atomic mass is 16.6. The van der Waals surface area contributed by atoms with Crippen LogP contribution in [-0.4, -0.2) is 66.0 Å². The Morgan fingerprint density at radius 2 is 1.53 bits per heavy atom. The zero-order valence-corrected chi connectivity index (χ0v) is 21.5. The first kappa shape index (κ1) is 26.9. The summed E-state index contributed by atoms with van der Waals surface area (Å²) >= 11 is 0. The number of nitrogens with zero attached hydrogens (tertiary/aromatic N) is 1. The van der Waals surface area contributed by atoms with Crippen LogP contribution < -0.4 is 5.32 Å². The molecule has 1 aliphatic carbocycles. The first-order valence-corrected chi connectivity index (χ1v) is 12.3. The van der Waals surface area contributed by atoms with Gasteiger partial charge in [-0.25, -0.2) is 4.79 Å². The van der Waals surface area contributed by atoms with Crippen LogP contribution in [0.25, 0.3) is 0 Å². The molecule has 0 aromatic carbocycles. The monoisotopic (exact) mass is 454 g/mol. The summed E-state index contributed by atoms with van der Waals surface area (Å²) in [5, 5.41) is 3.44. The Morgan fingerprint density at radius 3 is 2.03 bits per heavy atom. The lowest BCUT2D eigenvalue weighted by molar-refractivity contribution is -0.147. The van der Waals surface area contributed by atoms with Crippen LogP contribution in [0.4, 0.5) is 4.79 Å². The SMILES string of the molecule is COC(=O)C(C)(C)N[C@H]1CC[C@H](OCCC2C[C@@H](C)N(C(=O)OC(C)(C)C)[C@H](C)C2)CC1. The number of hydrogen-bond donors (Lipinski definition) is 1. The van der Waals surface area contributed by atoms with Crippen LogP contribution in [0.3, 0.4) is 0 Å². The van der Waals surface area contributed by atoms with E-state index in [0.29, 0.717) is 18.1 Å². The third kappa shape index (κ3) is 7.91. The van der Waals surface area contributed by atoms with E-state index in [4.69, 9.17) is 14.2 Å². The van der Waals surface area contributed by atoms with Crippen molar-refractivity contribution in [3.05, 3.63) is 0 Å². The van der Waals surface area contributed by atoms with Gasteiger partial charge in [0, 0.05) is 24.7 Å². The summed E-state index contributed by atoms with van der Waals surface area (Å²) in [5.74, 6) is 0.342. The molecule has 0 aromatic rings. The standard InChI is InChI=1S/C25H46N2O5/c1-17-15-19(16-18(2)27(17)23(29)32-24(3,4)5)13-14-31-21-11-9-20(10-12-21)26-25(6,7)22(28)30-8/h17-21,26H,9-16H2,1-8H3/t17-,18-,20-,21-/m1/s1. The average molecular weight is 455 g/mol. The van der Waals surface area contributed by atoms with Crippen LogP contribution in [0, 0.1) is 5.92 Å². The summed E-state index contributed by atoms with van der Waals surface area (Å²) in [6.07, 6.45) is 7.15. The molecule has 0 unspecified atom stereocenters. The Kier molecular flexibility index (Phi) is 9.41. The van der Waals surface area contributed by atoms with Crippen molar-refractivity contribution in [2.75, 3.05) is 13.7 Å². The summed E-state index contributed by atoms with van der Waals surface area (Å²) in [6.45, 7) is 14.5. The number of hydrogen-bond acceptors (Lipinski definition) is 6. The smallest absolute Gasteiger partial charge is 0.410 e. The molecule has 1 saturated heterocycles. The summed E-state index contributed by atoms with van der Waals surface area (Å²) in [4.78, 5) is 26.4. The summed E-state index contributed by atoms with van der Waals surface area (Å²) in [5.41, 5.74) is -1.13. The van der Waals surface area contributed by atoms with Crippen LogP contribution in [0.5, 0.6) is 0 Å². The van der Waals surface area contributed by atoms with Crippen molar-refractivity contribution in [3.63, 3.8) is 0 Å². The van der Waals surface area contributed by atoms with E-state index >= 15 is 0 Å². The van der Waals surface area contributed by atoms with Crippen molar-refractivity contribution in [3.8, 4) is 0 Å². The van der Waals surface area contributed by atoms with E-state index in [1.54, 1.807) is 0 Å². The highest BCUT2D eigenvalue weighted by Crippen LogP contribution is 2.32. The topological polar surface area (TPSA) is 77.1 Å². The molecule has 32 heavy (non-hydrogen) atoms. The van der Waals surface area contributed by atoms with Gasteiger partial charge in [-0.1, -0.05) is 0 Å². The number of esters is 1. The van der Waals surface area contributed by atoms with Gasteiger partial charge in [-0.3, -0.25) is 10.1 Å². The largest absolute Gasteiger partial charge is 0.468 e. The van der Waals surface area contributed by atoms with Gasteiger partial charge >= 0.3 is 12.1 Å². The van der Waals surface area contributed by atoms with Crippen molar-refractivity contribution in [2.45, 2.75) is 129 Å². The summed E-state index contributed by atoms with van der Waals surface area (Å²) < 4.78 is 16.7. The van der Waals surface area contributed by atoms with Gasteiger partial charge < -0.3 is 19.1 Å².